The molecular weight excluding hydrogens is 294 g/mol. The Morgan fingerprint density at radius 2 is 2.09 bits per heavy atom. The van der Waals surface area contributed by atoms with Crippen LogP contribution in [-0.2, 0) is 6.54 Å². The van der Waals surface area contributed by atoms with E-state index >= 15 is 0 Å². The van der Waals surface area contributed by atoms with Gasteiger partial charge in [0, 0.05) is 31.0 Å². The normalized spacial score (nSPS) is 12.9. The summed E-state index contributed by atoms with van der Waals surface area (Å²) in [5.74, 6) is 2.96. The van der Waals surface area contributed by atoms with Crippen molar-refractivity contribution in [3.63, 3.8) is 0 Å². The van der Waals surface area contributed by atoms with Gasteiger partial charge in [-0.3, -0.25) is 0 Å². The Labute approximate surface area is 136 Å². The number of fused-ring (bicyclic) bond motifs is 1. The molecule has 0 spiro atoms. The van der Waals surface area contributed by atoms with Crippen molar-refractivity contribution in [2.24, 2.45) is 0 Å². The van der Waals surface area contributed by atoms with Crippen LogP contribution in [0.25, 0.3) is 11.4 Å². The highest BCUT2D eigenvalue weighted by molar-refractivity contribution is 5.67. The van der Waals surface area contributed by atoms with Crippen LogP contribution < -0.4 is 14.2 Å². The molecule has 2 heterocycles. The molecule has 0 radical (unpaired) electrons. The molecule has 0 bridgehead atoms. The Balaban J connectivity index is 1.87. The lowest BCUT2D eigenvalue weighted by Crippen LogP contribution is -2.27. The van der Waals surface area contributed by atoms with Crippen LogP contribution in [-0.4, -0.2) is 48.0 Å². The summed E-state index contributed by atoms with van der Waals surface area (Å²) in [5.41, 5.74) is 0.968. The molecule has 124 valence electrons. The zero-order chi connectivity index (χ0) is 16.2. The van der Waals surface area contributed by atoms with Crippen molar-refractivity contribution in [3.8, 4) is 28.6 Å². The molecule has 1 aromatic heterocycles. The second-order valence-corrected chi connectivity index (χ2v) is 5.38. The first kappa shape index (κ1) is 15.7. The van der Waals surface area contributed by atoms with Crippen molar-refractivity contribution in [1.29, 1.82) is 0 Å². The average molecular weight is 317 g/mol. The number of benzene rings is 1. The molecule has 1 aromatic carbocycles. The van der Waals surface area contributed by atoms with E-state index in [1.165, 1.54) is 0 Å². The third-order valence-corrected chi connectivity index (χ3v) is 4.18. The van der Waals surface area contributed by atoms with Crippen molar-refractivity contribution in [2.45, 2.75) is 20.4 Å². The van der Waals surface area contributed by atoms with Crippen molar-refractivity contribution in [2.75, 3.05) is 33.5 Å². The molecule has 0 amide bonds. The molecule has 6 heteroatoms. The lowest BCUT2D eigenvalue weighted by atomic mass is 10.1. The zero-order valence-corrected chi connectivity index (χ0v) is 13.9. The maximum atomic E-state index is 5.51. The van der Waals surface area contributed by atoms with E-state index in [0.717, 1.165) is 37.6 Å². The highest BCUT2D eigenvalue weighted by Gasteiger charge is 2.22. The number of imidazole rings is 1. The topological polar surface area (TPSA) is 48.8 Å². The number of nitrogens with zero attached hydrogens (tertiary/aromatic N) is 3. The minimum absolute atomic E-state index is 0.228. The minimum Gasteiger partial charge on any atom is -0.493 e. The van der Waals surface area contributed by atoms with Crippen LogP contribution in [0.15, 0.2) is 24.5 Å². The van der Waals surface area contributed by atoms with E-state index in [0.29, 0.717) is 17.2 Å². The SMILES string of the molecule is CCN(CC)CCn1ccnc1-c1cc(OC)c2c(c1)OCO2. The highest BCUT2D eigenvalue weighted by atomic mass is 16.7. The van der Waals surface area contributed by atoms with Crippen molar-refractivity contribution in [1.82, 2.24) is 14.5 Å². The van der Waals surface area contributed by atoms with Gasteiger partial charge >= 0.3 is 0 Å². The molecule has 0 atom stereocenters. The van der Waals surface area contributed by atoms with Gasteiger partial charge in [0.15, 0.2) is 11.5 Å². The number of aromatic nitrogens is 2. The Morgan fingerprint density at radius 1 is 1.26 bits per heavy atom. The number of rotatable bonds is 7. The molecule has 2 aromatic rings. The van der Waals surface area contributed by atoms with Gasteiger partial charge in [-0.05, 0) is 25.2 Å². The second-order valence-electron chi connectivity index (χ2n) is 5.38. The molecule has 0 fully saturated rings. The molecule has 0 unspecified atom stereocenters. The van der Waals surface area contributed by atoms with E-state index in [1.807, 2.05) is 24.5 Å². The number of hydrogen-bond donors (Lipinski definition) is 0. The van der Waals surface area contributed by atoms with Gasteiger partial charge in [0.05, 0.1) is 7.11 Å². The van der Waals surface area contributed by atoms with Crippen LogP contribution in [0.5, 0.6) is 17.2 Å². The minimum atomic E-state index is 0.228. The van der Waals surface area contributed by atoms with Crippen LogP contribution in [0.3, 0.4) is 0 Å². The first-order valence-electron chi connectivity index (χ1n) is 7.98. The lowest BCUT2D eigenvalue weighted by molar-refractivity contribution is 0.171. The van der Waals surface area contributed by atoms with Crippen molar-refractivity contribution >= 4 is 0 Å². The quantitative estimate of drug-likeness (QED) is 0.786. The summed E-state index contributed by atoms with van der Waals surface area (Å²) in [4.78, 5) is 6.90. The van der Waals surface area contributed by atoms with Gasteiger partial charge in [-0.2, -0.15) is 0 Å². The molecule has 1 aliphatic heterocycles. The maximum Gasteiger partial charge on any atom is 0.231 e. The number of ether oxygens (including phenoxy) is 3. The van der Waals surface area contributed by atoms with Crippen LogP contribution in [0, 0.1) is 0 Å². The van der Waals surface area contributed by atoms with Gasteiger partial charge in [-0.15, -0.1) is 0 Å². The maximum absolute atomic E-state index is 5.51. The summed E-state index contributed by atoms with van der Waals surface area (Å²) >= 11 is 0. The van der Waals surface area contributed by atoms with E-state index in [-0.39, 0.29) is 6.79 Å². The van der Waals surface area contributed by atoms with Gasteiger partial charge < -0.3 is 23.7 Å². The molecule has 3 rings (SSSR count). The molecule has 0 aliphatic carbocycles. The molecule has 0 saturated heterocycles. The Kier molecular flexibility index (Phi) is 4.71. The smallest absolute Gasteiger partial charge is 0.231 e. The van der Waals surface area contributed by atoms with Gasteiger partial charge in [0.1, 0.15) is 5.82 Å². The third kappa shape index (κ3) is 3.12. The fourth-order valence-corrected chi connectivity index (χ4v) is 2.80. The monoisotopic (exact) mass is 317 g/mol. The van der Waals surface area contributed by atoms with Gasteiger partial charge in [-0.1, -0.05) is 13.8 Å². The lowest BCUT2D eigenvalue weighted by Gasteiger charge is -2.19. The second kappa shape index (κ2) is 6.91. The summed E-state index contributed by atoms with van der Waals surface area (Å²) in [5, 5.41) is 0. The zero-order valence-electron chi connectivity index (χ0n) is 13.9. The molecular formula is C17H23N3O3. The standard InChI is InChI=1S/C17H23N3O3/c1-4-19(5-2)8-9-20-7-6-18-17(20)13-10-14(21-3)16-15(11-13)22-12-23-16/h6-7,10-11H,4-5,8-9,12H2,1-3H3. The summed E-state index contributed by atoms with van der Waals surface area (Å²) in [6.45, 7) is 8.59. The van der Waals surface area contributed by atoms with E-state index in [2.05, 4.69) is 28.3 Å². The van der Waals surface area contributed by atoms with Gasteiger partial charge in [0.2, 0.25) is 12.5 Å². The first-order chi connectivity index (χ1) is 11.3. The Hall–Kier alpha value is -2.21. The van der Waals surface area contributed by atoms with E-state index < -0.39 is 0 Å². The van der Waals surface area contributed by atoms with Crippen LogP contribution in [0.4, 0.5) is 0 Å². The predicted molar refractivity (Wildman–Crippen MR) is 88.1 cm³/mol. The molecule has 0 N–H and O–H groups in total. The van der Waals surface area contributed by atoms with E-state index in [9.17, 15) is 0 Å². The average Bonchev–Trinajstić information content (AvgIpc) is 3.23. The predicted octanol–water partition coefficient (Wildman–Crippen LogP) is 2.63. The van der Waals surface area contributed by atoms with Crippen molar-refractivity contribution < 1.29 is 14.2 Å². The van der Waals surface area contributed by atoms with Gasteiger partial charge in [-0.25, -0.2) is 4.98 Å². The number of methoxy groups -OCH3 is 1. The summed E-state index contributed by atoms with van der Waals surface area (Å²) < 4.78 is 18.5. The third-order valence-electron chi connectivity index (χ3n) is 4.18. The van der Waals surface area contributed by atoms with Crippen molar-refractivity contribution in [3.05, 3.63) is 24.5 Å². The largest absolute Gasteiger partial charge is 0.493 e. The fourth-order valence-electron chi connectivity index (χ4n) is 2.80. The highest BCUT2D eigenvalue weighted by Crippen LogP contribution is 2.43. The van der Waals surface area contributed by atoms with Crippen LogP contribution >= 0.6 is 0 Å². The van der Waals surface area contributed by atoms with Crippen LogP contribution in [0.2, 0.25) is 0 Å². The summed E-state index contributed by atoms with van der Waals surface area (Å²) in [6.07, 6.45) is 3.84. The fraction of sp³-hybridized carbons (Fsp3) is 0.471. The Morgan fingerprint density at radius 3 is 2.83 bits per heavy atom. The van der Waals surface area contributed by atoms with Gasteiger partial charge in [0.25, 0.3) is 0 Å². The van der Waals surface area contributed by atoms with E-state index in [4.69, 9.17) is 14.2 Å². The number of likely N-dealkylation sites (N-methyl/N-ethyl adjacent to an activating group) is 1. The van der Waals surface area contributed by atoms with Crippen LogP contribution in [0.1, 0.15) is 13.8 Å². The Bertz CT molecular complexity index is 665. The number of hydrogen-bond acceptors (Lipinski definition) is 5. The first-order valence-corrected chi connectivity index (χ1v) is 7.98. The summed E-state index contributed by atoms with van der Waals surface area (Å²) in [6, 6.07) is 3.91. The summed E-state index contributed by atoms with van der Waals surface area (Å²) in [7, 11) is 1.63. The molecule has 1 aliphatic rings. The molecule has 0 saturated carbocycles. The molecule has 6 nitrogen and oxygen atoms in total. The molecule has 23 heavy (non-hydrogen) atoms. The van der Waals surface area contributed by atoms with E-state index in [1.54, 1.807) is 7.11 Å².